The summed E-state index contributed by atoms with van der Waals surface area (Å²) in [7, 11) is 3.41. The molecule has 0 saturated heterocycles. The molecule has 1 aliphatic heterocycles. The van der Waals surface area contributed by atoms with Crippen molar-refractivity contribution in [2.24, 2.45) is 5.92 Å². The number of hydrogen-bond acceptors (Lipinski definition) is 4. The second kappa shape index (κ2) is 8.04. The van der Waals surface area contributed by atoms with E-state index < -0.39 is 6.04 Å². The van der Waals surface area contributed by atoms with Crippen molar-refractivity contribution in [1.29, 1.82) is 0 Å². The van der Waals surface area contributed by atoms with E-state index in [1.807, 2.05) is 32.0 Å². The zero-order valence-corrected chi connectivity index (χ0v) is 14.8. The Morgan fingerprint density at radius 3 is 2.58 bits per heavy atom. The van der Waals surface area contributed by atoms with Crippen molar-refractivity contribution >= 4 is 11.8 Å². The van der Waals surface area contributed by atoms with Crippen LogP contribution in [0.1, 0.15) is 32.3 Å². The molecule has 1 N–H and O–H groups in total. The molecule has 6 nitrogen and oxygen atoms in total. The predicted molar refractivity (Wildman–Crippen MR) is 91.0 cm³/mol. The van der Waals surface area contributed by atoms with E-state index in [-0.39, 0.29) is 18.6 Å². The van der Waals surface area contributed by atoms with E-state index in [2.05, 4.69) is 5.32 Å². The second-order valence-corrected chi connectivity index (χ2v) is 6.67. The Hall–Kier alpha value is -2.24. The van der Waals surface area contributed by atoms with Crippen LogP contribution in [0.2, 0.25) is 0 Å². The quantitative estimate of drug-likeness (QED) is 0.828. The van der Waals surface area contributed by atoms with Gasteiger partial charge in [-0.3, -0.25) is 9.59 Å². The number of nitrogens with zero attached hydrogens (tertiary/aromatic N) is 1. The molecule has 0 fully saturated rings. The minimum absolute atomic E-state index is 0.0693. The molecule has 0 aliphatic carbocycles. The molecule has 1 aromatic rings. The normalized spacial score (nSPS) is 13.7. The summed E-state index contributed by atoms with van der Waals surface area (Å²) in [4.78, 5) is 25.9. The van der Waals surface area contributed by atoms with Crippen molar-refractivity contribution in [1.82, 2.24) is 10.2 Å². The lowest BCUT2D eigenvalue weighted by Gasteiger charge is -2.23. The smallest absolute Gasteiger partial charge is 0.244 e. The summed E-state index contributed by atoms with van der Waals surface area (Å²) in [5, 5.41) is 2.87. The minimum Gasteiger partial charge on any atom is -0.454 e. The first-order valence-corrected chi connectivity index (χ1v) is 8.26. The van der Waals surface area contributed by atoms with Crippen LogP contribution in [0.15, 0.2) is 18.2 Å². The molecule has 1 aromatic carbocycles. The Bertz CT molecular complexity index is 599. The lowest BCUT2D eigenvalue weighted by atomic mass is 10.0. The molecule has 1 atom stereocenters. The minimum atomic E-state index is -0.468. The number of carbonyl (C=O) groups excluding carboxylic acids is 2. The summed E-state index contributed by atoms with van der Waals surface area (Å²) >= 11 is 0. The number of nitrogens with one attached hydrogen (secondary N) is 1. The summed E-state index contributed by atoms with van der Waals surface area (Å²) in [6, 6.07) is 5.21. The summed E-state index contributed by atoms with van der Waals surface area (Å²) in [5.74, 6) is 1.59. The van der Waals surface area contributed by atoms with E-state index >= 15 is 0 Å². The van der Waals surface area contributed by atoms with Crippen LogP contribution in [-0.4, -0.2) is 43.6 Å². The molecule has 132 valence electrons. The van der Waals surface area contributed by atoms with Crippen molar-refractivity contribution in [3.63, 3.8) is 0 Å². The zero-order chi connectivity index (χ0) is 17.7. The van der Waals surface area contributed by atoms with E-state index in [0.717, 1.165) is 11.3 Å². The maximum Gasteiger partial charge on any atom is 0.244 e. The number of fused-ring (bicyclic) bond motifs is 1. The van der Waals surface area contributed by atoms with Crippen LogP contribution in [0.4, 0.5) is 0 Å². The Kier molecular flexibility index (Phi) is 6.06. The third-order valence-electron chi connectivity index (χ3n) is 3.86. The van der Waals surface area contributed by atoms with Gasteiger partial charge in [0.05, 0.1) is 0 Å². The molecular weight excluding hydrogens is 308 g/mol. The zero-order valence-electron chi connectivity index (χ0n) is 14.8. The fourth-order valence-electron chi connectivity index (χ4n) is 2.63. The highest BCUT2D eigenvalue weighted by molar-refractivity contribution is 5.87. The SMILES string of the molecule is CC(C)C[C@H](NC(=O)CCc1ccc2c(c1)OCO2)C(=O)N(C)C. The summed E-state index contributed by atoms with van der Waals surface area (Å²) in [6.07, 6.45) is 1.55. The number of carbonyl (C=O) groups is 2. The summed E-state index contributed by atoms with van der Waals surface area (Å²) in [5.41, 5.74) is 1.01. The van der Waals surface area contributed by atoms with Gasteiger partial charge in [-0.2, -0.15) is 0 Å². The molecule has 0 spiro atoms. The van der Waals surface area contributed by atoms with Gasteiger partial charge in [-0.1, -0.05) is 19.9 Å². The number of ether oxygens (including phenoxy) is 2. The number of likely N-dealkylation sites (N-methyl/N-ethyl adjacent to an activating group) is 1. The van der Waals surface area contributed by atoms with E-state index in [9.17, 15) is 9.59 Å². The van der Waals surface area contributed by atoms with Gasteiger partial charge in [0.1, 0.15) is 6.04 Å². The first-order chi connectivity index (χ1) is 11.4. The van der Waals surface area contributed by atoms with Gasteiger partial charge in [0.15, 0.2) is 11.5 Å². The largest absolute Gasteiger partial charge is 0.454 e. The van der Waals surface area contributed by atoms with Crippen molar-refractivity contribution < 1.29 is 19.1 Å². The number of rotatable bonds is 7. The molecule has 2 rings (SSSR count). The third kappa shape index (κ3) is 4.88. The molecular formula is C18H26N2O4. The number of aryl methyl sites for hydroxylation is 1. The van der Waals surface area contributed by atoms with Gasteiger partial charge in [-0.25, -0.2) is 0 Å². The van der Waals surface area contributed by atoms with Crippen LogP contribution >= 0.6 is 0 Å². The molecule has 0 unspecified atom stereocenters. The number of amides is 2. The van der Waals surface area contributed by atoms with Crippen LogP contribution in [0.25, 0.3) is 0 Å². The van der Waals surface area contributed by atoms with Crippen LogP contribution in [0, 0.1) is 5.92 Å². The van der Waals surface area contributed by atoms with E-state index in [4.69, 9.17) is 9.47 Å². The molecule has 2 amide bonds. The molecule has 1 heterocycles. The molecule has 6 heteroatoms. The molecule has 0 bridgehead atoms. The molecule has 1 aliphatic rings. The van der Waals surface area contributed by atoms with Crippen LogP contribution in [0.5, 0.6) is 11.5 Å². The van der Waals surface area contributed by atoms with Gasteiger partial charge in [0.2, 0.25) is 18.6 Å². The highest BCUT2D eigenvalue weighted by Gasteiger charge is 2.23. The monoisotopic (exact) mass is 334 g/mol. The average Bonchev–Trinajstić information content (AvgIpc) is 2.98. The molecule has 0 radical (unpaired) electrons. The average molecular weight is 334 g/mol. The lowest BCUT2D eigenvalue weighted by Crippen LogP contribution is -2.47. The van der Waals surface area contributed by atoms with Crippen molar-refractivity contribution in [2.45, 2.75) is 39.2 Å². The molecule has 24 heavy (non-hydrogen) atoms. The topological polar surface area (TPSA) is 67.9 Å². The van der Waals surface area contributed by atoms with E-state index in [1.165, 1.54) is 4.90 Å². The van der Waals surface area contributed by atoms with Gasteiger partial charge < -0.3 is 19.7 Å². The fraction of sp³-hybridized carbons (Fsp3) is 0.556. The van der Waals surface area contributed by atoms with Crippen molar-refractivity contribution in [3.8, 4) is 11.5 Å². The standard InChI is InChI=1S/C18H26N2O4/c1-12(2)9-14(18(22)20(3)4)19-17(21)8-6-13-5-7-15-16(10-13)24-11-23-15/h5,7,10,12,14H,6,8-9,11H2,1-4H3,(H,19,21)/t14-/m0/s1. The van der Waals surface area contributed by atoms with Gasteiger partial charge in [-0.05, 0) is 36.5 Å². The van der Waals surface area contributed by atoms with Crippen LogP contribution < -0.4 is 14.8 Å². The highest BCUT2D eigenvalue weighted by Crippen LogP contribution is 2.32. The number of hydrogen-bond donors (Lipinski definition) is 1. The lowest BCUT2D eigenvalue weighted by molar-refractivity contribution is -0.134. The Morgan fingerprint density at radius 1 is 1.21 bits per heavy atom. The van der Waals surface area contributed by atoms with Crippen molar-refractivity contribution in [2.75, 3.05) is 20.9 Å². The Morgan fingerprint density at radius 2 is 1.92 bits per heavy atom. The van der Waals surface area contributed by atoms with Gasteiger partial charge in [-0.15, -0.1) is 0 Å². The first kappa shape index (κ1) is 18.1. The fourth-order valence-corrected chi connectivity index (χ4v) is 2.63. The molecule has 0 aromatic heterocycles. The van der Waals surface area contributed by atoms with Crippen LogP contribution in [-0.2, 0) is 16.0 Å². The van der Waals surface area contributed by atoms with Gasteiger partial charge in [0, 0.05) is 20.5 Å². The van der Waals surface area contributed by atoms with Crippen LogP contribution in [0.3, 0.4) is 0 Å². The molecule has 0 saturated carbocycles. The Balaban J connectivity index is 1.89. The number of benzene rings is 1. The highest BCUT2D eigenvalue weighted by atomic mass is 16.7. The van der Waals surface area contributed by atoms with E-state index in [0.29, 0.717) is 30.9 Å². The third-order valence-corrected chi connectivity index (χ3v) is 3.86. The summed E-state index contributed by atoms with van der Waals surface area (Å²) in [6.45, 7) is 4.31. The van der Waals surface area contributed by atoms with Crippen molar-refractivity contribution in [3.05, 3.63) is 23.8 Å². The first-order valence-electron chi connectivity index (χ1n) is 8.26. The second-order valence-electron chi connectivity index (χ2n) is 6.67. The van der Waals surface area contributed by atoms with Gasteiger partial charge >= 0.3 is 0 Å². The maximum atomic E-state index is 12.2. The van der Waals surface area contributed by atoms with Gasteiger partial charge in [0.25, 0.3) is 0 Å². The maximum absolute atomic E-state index is 12.2. The Labute approximate surface area is 143 Å². The van der Waals surface area contributed by atoms with E-state index in [1.54, 1.807) is 14.1 Å². The summed E-state index contributed by atoms with van der Waals surface area (Å²) < 4.78 is 10.6. The predicted octanol–water partition coefficient (Wildman–Crippen LogP) is 1.97.